The number of nitrogens with one attached hydrogen (secondary N) is 1. The van der Waals surface area contributed by atoms with Crippen LogP contribution < -0.4 is 10.9 Å². The van der Waals surface area contributed by atoms with E-state index in [-0.39, 0.29) is 28.8 Å². The van der Waals surface area contributed by atoms with Crippen LogP contribution in [0.2, 0.25) is 5.02 Å². The van der Waals surface area contributed by atoms with Gasteiger partial charge in [-0.05, 0) is 45.0 Å². The number of benzene rings is 2. The van der Waals surface area contributed by atoms with E-state index in [0.717, 1.165) is 0 Å². The Hall–Kier alpha value is -2.99. The molecule has 1 heterocycles. The van der Waals surface area contributed by atoms with Crippen LogP contribution in [0.1, 0.15) is 37.2 Å². The molecule has 28 heavy (non-hydrogen) atoms. The van der Waals surface area contributed by atoms with Crippen LogP contribution in [0.15, 0.2) is 53.3 Å². The van der Waals surface area contributed by atoms with E-state index in [4.69, 9.17) is 11.6 Å². The number of rotatable bonds is 5. The van der Waals surface area contributed by atoms with Gasteiger partial charge in [-0.15, -0.1) is 0 Å². The van der Waals surface area contributed by atoms with Crippen molar-refractivity contribution in [3.05, 3.63) is 75.3 Å². The number of nitrogens with zero attached hydrogens (tertiary/aromatic N) is 2. The second kappa shape index (κ2) is 7.94. The van der Waals surface area contributed by atoms with Gasteiger partial charge in [0.05, 0.1) is 22.3 Å². The summed E-state index contributed by atoms with van der Waals surface area (Å²) in [4.78, 5) is 25.6. The van der Waals surface area contributed by atoms with Gasteiger partial charge in [-0.2, -0.15) is 5.10 Å². The molecule has 0 unspecified atom stereocenters. The van der Waals surface area contributed by atoms with Gasteiger partial charge in [-0.3, -0.25) is 9.59 Å². The maximum atomic E-state index is 13.8. The van der Waals surface area contributed by atoms with E-state index in [2.05, 4.69) is 10.4 Å². The van der Waals surface area contributed by atoms with Gasteiger partial charge in [-0.1, -0.05) is 35.9 Å². The minimum atomic E-state index is -0.461. The van der Waals surface area contributed by atoms with Gasteiger partial charge in [0.2, 0.25) is 0 Å². The van der Waals surface area contributed by atoms with Crippen molar-refractivity contribution >= 4 is 28.8 Å². The van der Waals surface area contributed by atoms with Gasteiger partial charge < -0.3 is 5.32 Å². The van der Waals surface area contributed by atoms with Crippen molar-refractivity contribution < 1.29 is 9.18 Å². The van der Waals surface area contributed by atoms with E-state index in [1.807, 2.05) is 0 Å². The molecule has 7 heteroatoms. The van der Waals surface area contributed by atoms with Crippen LogP contribution in [-0.2, 0) is 0 Å². The van der Waals surface area contributed by atoms with E-state index >= 15 is 0 Å². The van der Waals surface area contributed by atoms with Crippen LogP contribution in [0.25, 0.3) is 11.3 Å². The average Bonchev–Trinajstić information content (AvgIpc) is 2.64. The van der Waals surface area contributed by atoms with Crippen molar-refractivity contribution in [3.8, 4) is 11.3 Å². The van der Waals surface area contributed by atoms with E-state index in [0.29, 0.717) is 16.3 Å². The van der Waals surface area contributed by atoms with Crippen molar-refractivity contribution in [2.45, 2.75) is 26.8 Å². The van der Waals surface area contributed by atoms with Crippen molar-refractivity contribution in [2.75, 3.05) is 5.32 Å². The molecule has 0 amide bonds. The molecule has 2 aromatic carbocycles. The Morgan fingerprint density at radius 1 is 1.18 bits per heavy atom. The van der Waals surface area contributed by atoms with E-state index in [1.54, 1.807) is 44.2 Å². The fourth-order valence-electron chi connectivity index (χ4n) is 2.89. The van der Waals surface area contributed by atoms with Gasteiger partial charge >= 0.3 is 0 Å². The molecule has 3 rings (SSSR count). The molecule has 0 aliphatic carbocycles. The Kier molecular flexibility index (Phi) is 5.61. The fourth-order valence-corrected chi connectivity index (χ4v) is 3.07. The van der Waals surface area contributed by atoms with Crippen LogP contribution in [0.3, 0.4) is 0 Å². The molecule has 0 aliphatic rings. The summed E-state index contributed by atoms with van der Waals surface area (Å²) in [5, 5.41) is 7.76. The topological polar surface area (TPSA) is 64.0 Å². The molecular formula is C21H19ClFN3O2. The average molecular weight is 400 g/mol. The highest BCUT2D eigenvalue weighted by molar-refractivity contribution is 6.33. The summed E-state index contributed by atoms with van der Waals surface area (Å²) in [6, 6.07) is 12.4. The van der Waals surface area contributed by atoms with E-state index < -0.39 is 11.4 Å². The predicted molar refractivity (Wildman–Crippen MR) is 109 cm³/mol. The first-order valence-electron chi connectivity index (χ1n) is 8.75. The molecule has 1 aromatic heterocycles. The first-order chi connectivity index (χ1) is 13.3. The third-order valence-electron chi connectivity index (χ3n) is 4.19. The summed E-state index contributed by atoms with van der Waals surface area (Å²) in [6.45, 7) is 4.95. The van der Waals surface area contributed by atoms with Crippen molar-refractivity contribution in [3.63, 3.8) is 0 Å². The standard InChI is InChI=1S/C21H19ClFN3O2/c1-12(2)26-21(28)20(24-17-10-5-4-9-16(17)22)18(13(3)27)19(25-26)14-7-6-8-15(23)11-14/h4-12,24H,1-3H3. The number of Topliss-reactive ketones (excluding diaryl/α,β-unsaturated/α-hetero) is 1. The van der Waals surface area contributed by atoms with Crippen LogP contribution in [0.5, 0.6) is 0 Å². The molecule has 0 spiro atoms. The zero-order chi connectivity index (χ0) is 20.4. The molecule has 5 nitrogen and oxygen atoms in total. The molecule has 0 saturated heterocycles. The summed E-state index contributed by atoms with van der Waals surface area (Å²) in [6.07, 6.45) is 0. The van der Waals surface area contributed by atoms with Crippen LogP contribution in [-0.4, -0.2) is 15.6 Å². The van der Waals surface area contributed by atoms with Gasteiger partial charge in [-0.25, -0.2) is 9.07 Å². The highest BCUT2D eigenvalue weighted by atomic mass is 35.5. The number of anilines is 2. The Balaban J connectivity index is 2.35. The summed E-state index contributed by atoms with van der Waals surface area (Å²) in [5.74, 6) is -0.828. The maximum absolute atomic E-state index is 13.8. The van der Waals surface area contributed by atoms with Crippen molar-refractivity contribution in [1.29, 1.82) is 0 Å². The van der Waals surface area contributed by atoms with Gasteiger partial charge in [0.25, 0.3) is 5.56 Å². The number of hydrogen-bond acceptors (Lipinski definition) is 4. The predicted octanol–water partition coefficient (Wildman–Crippen LogP) is 5.23. The molecule has 144 valence electrons. The normalized spacial score (nSPS) is 10.9. The van der Waals surface area contributed by atoms with Gasteiger partial charge in [0.1, 0.15) is 17.2 Å². The molecular weight excluding hydrogens is 381 g/mol. The fraction of sp³-hybridized carbons (Fsp3) is 0.190. The third-order valence-corrected chi connectivity index (χ3v) is 4.52. The second-order valence-corrected chi connectivity index (χ2v) is 7.02. The zero-order valence-corrected chi connectivity index (χ0v) is 16.4. The van der Waals surface area contributed by atoms with E-state index in [9.17, 15) is 14.0 Å². The lowest BCUT2D eigenvalue weighted by Gasteiger charge is -2.18. The molecule has 0 saturated carbocycles. The largest absolute Gasteiger partial charge is 0.349 e. The monoisotopic (exact) mass is 399 g/mol. The number of para-hydroxylation sites is 1. The molecule has 0 aliphatic heterocycles. The van der Waals surface area contributed by atoms with Crippen molar-refractivity contribution in [2.24, 2.45) is 0 Å². The summed E-state index contributed by atoms with van der Waals surface area (Å²) >= 11 is 6.22. The quantitative estimate of drug-likeness (QED) is 0.596. The number of aromatic nitrogens is 2. The minimum absolute atomic E-state index is 0.0589. The Bertz CT molecular complexity index is 1110. The van der Waals surface area contributed by atoms with Crippen LogP contribution >= 0.6 is 11.6 Å². The SMILES string of the molecule is CC(=O)c1c(-c2cccc(F)c2)nn(C(C)C)c(=O)c1Nc1ccccc1Cl. The van der Waals surface area contributed by atoms with E-state index in [1.165, 1.54) is 29.8 Å². The molecule has 0 fully saturated rings. The number of hydrogen-bond donors (Lipinski definition) is 1. The smallest absolute Gasteiger partial charge is 0.291 e. The summed E-state index contributed by atoms with van der Waals surface area (Å²) in [5.41, 5.74) is 0.809. The summed E-state index contributed by atoms with van der Waals surface area (Å²) in [7, 11) is 0. The number of ketones is 1. The Labute approximate surface area is 166 Å². The highest BCUT2D eigenvalue weighted by Gasteiger charge is 2.23. The molecule has 0 atom stereocenters. The first kappa shape index (κ1) is 19.8. The lowest BCUT2D eigenvalue weighted by Crippen LogP contribution is -2.30. The van der Waals surface area contributed by atoms with Crippen LogP contribution in [0, 0.1) is 5.82 Å². The Morgan fingerprint density at radius 3 is 2.50 bits per heavy atom. The first-order valence-corrected chi connectivity index (χ1v) is 9.12. The van der Waals surface area contributed by atoms with Crippen molar-refractivity contribution in [1.82, 2.24) is 9.78 Å². The summed E-state index contributed by atoms with van der Waals surface area (Å²) < 4.78 is 15.1. The number of halogens is 2. The zero-order valence-electron chi connectivity index (χ0n) is 15.7. The lowest BCUT2D eigenvalue weighted by molar-refractivity contribution is 0.101. The molecule has 0 radical (unpaired) electrons. The molecule has 3 aromatic rings. The second-order valence-electron chi connectivity index (χ2n) is 6.61. The third kappa shape index (κ3) is 3.82. The highest BCUT2D eigenvalue weighted by Crippen LogP contribution is 2.30. The van der Waals surface area contributed by atoms with Gasteiger partial charge in [0.15, 0.2) is 5.78 Å². The number of carbonyl (C=O) groups excluding carboxylic acids is 1. The van der Waals surface area contributed by atoms with Crippen LogP contribution in [0.4, 0.5) is 15.8 Å². The molecule has 0 bridgehead atoms. The molecule has 1 N–H and O–H groups in total. The lowest BCUT2D eigenvalue weighted by atomic mass is 10.0. The number of carbonyl (C=O) groups is 1. The maximum Gasteiger partial charge on any atom is 0.291 e. The Morgan fingerprint density at radius 2 is 1.89 bits per heavy atom. The van der Waals surface area contributed by atoms with Gasteiger partial charge in [0, 0.05) is 5.56 Å². The minimum Gasteiger partial charge on any atom is -0.349 e.